The Morgan fingerprint density at radius 3 is 2.48 bits per heavy atom. The van der Waals surface area contributed by atoms with E-state index in [0.717, 1.165) is 25.9 Å². The maximum Gasteiger partial charge on any atom is 0.274 e. The Morgan fingerprint density at radius 2 is 1.95 bits per heavy atom. The number of rotatable bonds is 4. The molecule has 21 heavy (non-hydrogen) atoms. The summed E-state index contributed by atoms with van der Waals surface area (Å²) in [6.45, 7) is 3.59. The van der Waals surface area contributed by atoms with Crippen LogP contribution < -0.4 is 5.73 Å². The molecule has 1 fully saturated rings. The van der Waals surface area contributed by atoms with Gasteiger partial charge in [0.1, 0.15) is 5.69 Å². The lowest BCUT2D eigenvalue weighted by atomic mass is 10.2. The quantitative estimate of drug-likeness (QED) is 0.863. The van der Waals surface area contributed by atoms with Gasteiger partial charge in [0.25, 0.3) is 5.91 Å². The van der Waals surface area contributed by atoms with Gasteiger partial charge in [-0.1, -0.05) is 6.92 Å². The minimum absolute atomic E-state index is 0.0141. The molecule has 2 amide bonds. The second kappa shape index (κ2) is 6.15. The molecule has 0 bridgehead atoms. The molecule has 2 N–H and O–H groups in total. The maximum atomic E-state index is 12.5. The van der Waals surface area contributed by atoms with E-state index in [0.29, 0.717) is 23.5 Å². The van der Waals surface area contributed by atoms with Crippen molar-refractivity contribution in [2.45, 2.75) is 26.2 Å². The molecule has 0 unspecified atom stereocenters. The lowest BCUT2D eigenvalue weighted by Gasteiger charge is -2.21. The molecule has 7 heteroatoms. The van der Waals surface area contributed by atoms with Crippen LogP contribution in [0.5, 0.6) is 0 Å². The lowest BCUT2D eigenvalue weighted by Crippen LogP contribution is -2.40. The molecule has 1 aromatic heterocycles. The number of hydrogen-bond donors (Lipinski definition) is 1. The van der Waals surface area contributed by atoms with Crippen LogP contribution in [0.3, 0.4) is 0 Å². The van der Waals surface area contributed by atoms with Crippen LogP contribution >= 0.6 is 0 Å². The average Bonchev–Trinajstić information content (AvgIpc) is 3.06. The number of aromatic nitrogens is 2. The van der Waals surface area contributed by atoms with Crippen LogP contribution in [0.1, 0.15) is 35.9 Å². The van der Waals surface area contributed by atoms with E-state index in [1.807, 2.05) is 6.92 Å². The summed E-state index contributed by atoms with van der Waals surface area (Å²) in [7, 11) is 3.31. The zero-order valence-electron chi connectivity index (χ0n) is 12.9. The summed E-state index contributed by atoms with van der Waals surface area (Å²) in [4.78, 5) is 27.8. The van der Waals surface area contributed by atoms with Crippen LogP contribution in [0.15, 0.2) is 0 Å². The number of carbonyl (C=O) groups excluding carboxylic acids is 2. The third-order valence-corrected chi connectivity index (χ3v) is 3.88. The first kappa shape index (κ1) is 15.3. The number of anilines is 1. The van der Waals surface area contributed by atoms with Gasteiger partial charge in [0.05, 0.1) is 17.9 Å². The van der Waals surface area contributed by atoms with Gasteiger partial charge >= 0.3 is 0 Å². The van der Waals surface area contributed by atoms with E-state index >= 15 is 0 Å². The second-order valence-corrected chi connectivity index (χ2v) is 5.44. The molecular weight excluding hydrogens is 270 g/mol. The van der Waals surface area contributed by atoms with Crippen molar-refractivity contribution in [2.75, 3.05) is 32.4 Å². The minimum Gasteiger partial charge on any atom is -0.395 e. The molecule has 0 saturated carbocycles. The highest BCUT2D eigenvalue weighted by atomic mass is 16.2. The van der Waals surface area contributed by atoms with Crippen LogP contribution in [-0.4, -0.2) is 58.1 Å². The summed E-state index contributed by atoms with van der Waals surface area (Å²) < 4.78 is 1.49. The number of likely N-dealkylation sites (N-methyl/N-ethyl adjacent to an activating group) is 1. The molecule has 1 aliphatic heterocycles. The number of nitrogen functional groups attached to an aromatic ring is 1. The molecule has 0 atom stereocenters. The van der Waals surface area contributed by atoms with Crippen LogP contribution in [0.25, 0.3) is 0 Å². The molecule has 2 heterocycles. The van der Waals surface area contributed by atoms with E-state index in [4.69, 9.17) is 5.73 Å². The van der Waals surface area contributed by atoms with Gasteiger partial charge in [0.2, 0.25) is 5.91 Å². The zero-order valence-corrected chi connectivity index (χ0v) is 12.9. The van der Waals surface area contributed by atoms with Crippen molar-refractivity contribution in [3.63, 3.8) is 0 Å². The van der Waals surface area contributed by atoms with E-state index in [1.165, 1.54) is 9.58 Å². The fourth-order valence-corrected chi connectivity index (χ4v) is 2.63. The largest absolute Gasteiger partial charge is 0.395 e. The highest BCUT2D eigenvalue weighted by Gasteiger charge is 2.25. The molecule has 2 rings (SSSR count). The van der Waals surface area contributed by atoms with Gasteiger partial charge in [-0.3, -0.25) is 14.3 Å². The van der Waals surface area contributed by atoms with Gasteiger partial charge in [-0.25, -0.2) is 0 Å². The number of likely N-dealkylation sites (tertiary alicyclic amines) is 1. The van der Waals surface area contributed by atoms with E-state index in [2.05, 4.69) is 5.10 Å². The van der Waals surface area contributed by atoms with Crippen molar-refractivity contribution in [3.05, 3.63) is 11.4 Å². The Labute approximate surface area is 124 Å². The molecule has 1 saturated heterocycles. The standard InChI is InChI=1S/C14H23N5O2/c1-4-10-12(15)13(18(3)16-10)14(21)17(2)9-11(20)19-7-5-6-8-19/h4-9,15H2,1-3H3. The highest BCUT2D eigenvalue weighted by molar-refractivity contribution is 5.99. The van der Waals surface area contributed by atoms with E-state index in [-0.39, 0.29) is 18.4 Å². The molecule has 0 radical (unpaired) electrons. The lowest BCUT2D eigenvalue weighted by molar-refractivity contribution is -0.130. The molecule has 116 valence electrons. The predicted octanol–water partition coefficient (Wildman–Crippen LogP) is 0.259. The van der Waals surface area contributed by atoms with Crippen molar-refractivity contribution in [3.8, 4) is 0 Å². The van der Waals surface area contributed by atoms with Crippen molar-refractivity contribution in [1.29, 1.82) is 0 Å². The van der Waals surface area contributed by atoms with Gasteiger partial charge in [-0.15, -0.1) is 0 Å². The summed E-state index contributed by atoms with van der Waals surface area (Å²) in [6, 6.07) is 0. The normalized spacial score (nSPS) is 14.5. The van der Waals surface area contributed by atoms with Crippen molar-refractivity contribution < 1.29 is 9.59 Å². The summed E-state index contributed by atoms with van der Waals surface area (Å²) in [6.07, 6.45) is 2.75. The summed E-state index contributed by atoms with van der Waals surface area (Å²) in [5, 5.41) is 4.24. The Bertz CT molecular complexity index is 546. The molecule has 0 spiro atoms. The van der Waals surface area contributed by atoms with Crippen molar-refractivity contribution in [2.24, 2.45) is 7.05 Å². The third kappa shape index (κ3) is 3.01. The first-order chi connectivity index (χ1) is 9.95. The molecule has 0 aromatic carbocycles. The number of carbonyl (C=O) groups is 2. The molecular formula is C14H23N5O2. The second-order valence-electron chi connectivity index (χ2n) is 5.44. The number of aryl methyl sites for hydroxylation is 2. The van der Waals surface area contributed by atoms with Gasteiger partial charge < -0.3 is 15.5 Å². The Balaban J connectivity index is 2.08. The van der Waals surface area contributed by atoms with E-state index in [9.17, 15) is 9.59 Å². The molecule has 1 aliphatic rings. The molecule has 0 aliphatic carbocycles. The fraction of sp³-hybridized carbons (Fsp3) is 0.643. The van der Waals surface area contributed by atoms with Crippen molar-refractivity contribution in [1.82, 2.24) is 19.6 Å². The van der Waals surface area contributed by atoms with E-state index in [1.54, 1.807) is 19.0 Å². The first-order valence-corrected chi connectivity index (χ1v) is 7.30. The van der Waals surface area contributed by atoms with Gasteiger partial charge in [0.15, 0.2) is 0 Å². The van der Waals surface area contributed by atoms with Crippen LogP contribution in [0.2, 0.25) is 0 Å². The number of nitrogens with zero attached hydrogens (tertiary/aromatic N) is 4. The summed E-state index contributed by atoms with van der Waals surface area (Å²) in [5.74, 6) is -0.283. The zero-order chi connectivity index (χ0) is 15.6. The topological polar surface area (TPSA) is 84.5 Å². The van der Waals surface area contributed by atoms with Crippen LogP contribution in [0, 0.1) is 0 Å². The van der Waals surface area contributed by atoms with Gasteiger partial charge in [0, 0.05) is 27.2 Å². The predicted molar refractivity (Wildman–Crippen MR) is 79.8 cm³/mol. The Kier molecular flexibility index (Phi) is 4.50. The summed E-state index contributed by atoms with van der Waals surface area (Å²) >= 11 is 0. The number of nitrogens with two attached hydrogens (primary N) is 1. The fourth-order valence-electron chi connectivity index (χ4n) is 2.63. The smallest absolute Gasteiger partial charge is 0.274 e. The van der Waals surface area contributed by atoms with Crippen molar-refractivity contribution >= 4 is 17.5 Å². The molecule has 1 aromatic rings. The number of amides is 2. The highest BCUT2D eigenvalue weighted by Crippen LogP contribution is 2.18. The van der Waals surface area contributed by atoms with E-state index < -0.39 is 0 Å². The third-order valence-electron chi connectivity index (χ3n) is 3.88. The Hall–Kier alpha value is -2.05. The summed E-state index contributed by atoms with van der Waals surface area (Å²) in [5.41, 5.74) is 7.45. The maximum absolute atomic E-state index is 12.5. The van der Waals surface area contributed by atoms with Gasteiger partial charge in [-0.2, -0.15) is 5.10 Å². The van der Waals surface area contributed by atoms with Gasteiger partial charge in [-0.05, 0) is 19.3 Å². The minimum atomic E-state index is -0.269. The molecule has 7 nitrogen and oxygen atoms in total. The SMILES string of the molecule is CCc1nn(C)c(C(=O)N(C)CC(=O)N2CCCC2)c1N. The average molecular weight is 293 g/mol. The first-order valence-electron chi connectivity index (χ1n) is 7.30. The number of hydrogen-bond acceptors (Lipinski definition) is 4. The monoisotopic (exact) mass is 293 g/mol. The Morgan fingerprint density at radius 1 is 1.33 bits per heavy atom. The van der Waals surface area contributed by atoms with Crippen LogP contribution in [-0.2, 0) is 18.3 Å². The van der Waals surface area contributed by atoms with Crippen LogP contribution in [0.4, 0.5) is 5.69 Å².